The molecule has 3 nitrogen and oxygen atoms in total. The fourth-order valence-corrected chi connectivity index (χ4v) is 3.03. The number of anilines is 1. The summed E-state index contributed by atoms with van der Waals surface area (Å²) >= 11 is 5.58. The van der Waals surface area contributed by atoms with Gasteiger partial charge in [-0.1, -0.05) is 15.9 Å². The molecule has 0 radical (unpaired) electrons. The second-order valence-corrected chi connectivity index (χ2v) is 6.72. The molecule has 108 valence electrons. The Kier molecular flexibility index (Phi) is 4.17. The zero-order valence-corrected chi connectivity index (χ0v) is 14.5. The van der Waals surface area contributed by atoms with Gasteiger partial charge in [0.2, 0.25) is 0 Å². The third-order valence-electron chi connectivity index (χ3n) is 3.20. The minimum Gasteiger partial charge on any atom is -0.482 e. The number of ether oxygens (including phenoxy) is 1. The van der Waals surface area contributed by atoms with Gasteiger partial charge in [-0.15, -0.1) is 0 Å². The monoisotopic (exact) mass is 461 g/mol. The van der Waals surface area contributed by atoms with E-state index in [0.717, 1.165) is 13.6 Å². The van der Waals surface area contributed by atoms with Gasteiger partial charge < -0.3 is 9.64 Å². The van der Waals surface area contributed by atoms with E-state index in [0.29, 0.717) is 18.0 Å². The first kappa shape index (κ1) is 14.8. The van der Waals surface area contributed by atoms with Gasteiger partial charge in [0.1, 0.15) is 11.6 Å². The topological polar surface area (TPSA) is 29.5 Å². The van der Waals surface area contributed by atoms with Gasteiger partial charge in [-0.2, -0.15) is 0 Å². The number of rotatable bonds is 2. The summed E-state index contributed by atoms with van der Waals surface area (Å²) in [4.78, 5) is 13.8. The average Bonchev–Trinajstić information content (AvgIpc) is 2.46. The third kappa shape index (κ3) is 3.06. The molecule has 21 heavy (non-hydrogen) atoms. The van der Waals surface area contributed by atoms with Crippen molar-refractivity contribution < 1.29 is 13.9 Å². The summed E-state index contributed by atoms with van der Waals surface area (Å²) in [7, 11) is 0. The lowest BCUT2D eigenvalue weighted by Crippen LogP contribution is -2.38. The lowest BCUT2D eigenvalue weighted by molar-refractivity contribution is -0.121. The van der Waals surface area contributed by atoms with Gasteiger partial charge in [-0.25, -0.2) is 4.39 Å². The molecule has 1 aliphatic heterocycles. The molecule has 0 bridgehead atoms. The van der Waals surface area contributed by atoms with Crippen LogP contribution in [-0.4, -0.2) is 12.5 Å². The first-order valence-corrected chi connectivity index (χ1v) is 8.08. The number of carbonyl (C=O) groups is 1. The Bertz CT molecular complexity index is 723. The molecule has 6 heteroatoms. The molecule has 0 fully saturated rings. The second kappa shape index (κ2) is 5.92. The normalized spacial score (nSPS) is 13.9. The smallest absolute Gasteiger partial charge is 0.265 e. The van der Waals surface area contributed by atoms with Crippen molar-refractivity contribution in [1.29, 1.82) is 0 Å². The maximum Gasteiger partial charge on any atom is 0.265 e. The lowest BCUT2D eigenvalue weighted by Gasteiger charge is -2.30. The van der Waals surface area contributed by atoms with E-state index in [2.05, 4.69) is 38.5 Å². The molecule has 1 amide bonds. The standard InChI is InChI=1S/C15H10BrFINO2/c16-12-3-1-10(17)5-9(12)7-19-13-6-11(18)2-4-14(13)21-8-15(19)20/h1-6H,7-8H2. The van der Waals surface area contributed by atoms with Crippen molar-refractivity contribution in [2.24, 2.45) is 0 Å². The molecule has 2 aromatic rings. The molecule has 0 saturated carbocycles. The van der Waals surface area contributed by atoms with Crippen LogP contribution in [0.1, 0.15) is 5.56 Å². The van der Waals surface area contributed by atoms with Crippen molar-refractivity contribution in [1.82, 2.24) is 0 Å². The molecule has 2 aromatic carbocycles. The van der Waals surface area contributed by atoms with Crippen molar-refractivity contribution in [2.45, 2.75) is 6.54 Å². The lowest BCUT2D eigenvalue weighted by atomic mass is 10.1. The minimum absolute atomic E-state index is 0.000523. The van der Waals surface area contributed by atoms with Crippen LogP contribution >= 0.6 is 38.5 Å². The maximum atomic E-state index is 13.4. The summed E-state index contributed by atoms with van der Waals surface area (Å²) in [6, 6.07) is 10.1. The van der Waals surface area contributed by atoms with Crippen molar-refractivity contribution in [3.63, 3.8) is 0 Å². The van der Waals surface area contributed by atoms with Crippen molar-refractivity contribution in [3.05, 3.63) is 55.8 Å². The summed E-state index contributed by atoms with van der Waals surface area (Å²) < 4.78 is 20.6. The first-order valence-electron chi connectivity index (χ1n) is 6.21. The first-order chi connectivity index (χ1) is 10.0. The molecule has 1 aliphatic rings. The van der Waals surface area contributed by atoms with Crippen LogP contribution in [0.25, 0.3) is 0 Å². The summed E-state index contributed by atoms with van der Waals surface area (Å²) in [5.41, 5.74) is 1.43. The summed E-state index contributed by atoms with van der Waals surface area (Å²) in [5, 5.41) is 0. The van der Waals surface area contributed by atoms with Crippen molar-refractivity contribution in [3.8, 4) is 5.75 Å². The van der Waals surface area contributed by atoms with E-state index in [4.69, 9.17) is 4.74 Å². The molecular formula is C15H10BrFINO2. The summed E-state index contributed by atoms with van der Waals surface area (Å²) in [5.74, 6) is 0.208. The fraction of sp³-hybridized carbons (Fsp3) is 0.133. The highest BCUT2D eigenvalue weighted by Crippen LogP contribution is 2.35. The van der Waals surface area contributed by atoms with E-state index in [9.17, 15) is 9.18 Å². The molecule has 0 aliphatic carbocycles. The van der Waals surface area contributed by atoms with Gasteiger partial charge in [0, 0.05) is 8.04 Å². The number of fused-ring (bicyclic) bond motifs is 1. The number of hydrogen-bond donors (Lipinski definition) is 0. The molecule has 3 rings (SSSR count). The molecule has 0 unspecified atom stereocenters. The van der Waals surface area contributed by atoms with Crippen LogP contribution in [0.2, 0.25) is 0 Å². The molecule has 0 saturated heterocycles. The highest BCUT2D eigenvalue weighted by Gasteiger charge is 2.26. The SMILES string of the molecule is O=C1COc2ccc(I)cc2N1Cc1cc(F)ccc1Br. The Morgan fingerprint density at radius 1 is 1.29 bits per heavy atom. The summed E-state index contributed by atoms with van der Waals surface area (Å²) in [6.07, 6.45) is 0. The van der Waals surface area contributed by atoms with Crippen LogP contribution < -0.4 is 9.64 Å². The highest BCUT2D eigenvalue weighted by molar-refractivity contribution is 14.1. The molecular weight excluding hydrogens is 452 g/mol. The van der Waals surface area contributed by atoms with E-state index in [1.807, 2.05) is 18.2 Å². The molecule has 1 heterocycles. The zero-order valence-electron chi connectivity index (χ0n) is 10.8. The number of nitrogens with zero attached hydrogens (tertiary/aromatic N) is 1. The van der Waals surface area contributed by atoms with Crippen LogP contribution in [0.5, 0.6) is 5.75 Å². The number of halogens is 3. The number of hydrogen-bond acceptors (Lipinski definition) is 2. The molecule has 0 spiro atoms. The predicted molar refractivity (Wildman–Crippen MR) is 89.9 cm³/mol. The van der Waals surface area contributed by atoms with Gasteiger partial charge in [-0.05, 0) is 64.6 Å². The Hall–Kier alpha value is -1.15. The van der Waals surface area contributed by atoms with E-state index in [-0.39, 0.29) is 18.3 Å². The third-order valence-corrected chi connectivity index (χ3v) is 4.64. The van der Waals surface area contributed by atoms with Crippen molar-refractivity contribution >= 4 is 50.1 Å². The van der Waals surface area contributed by atoms with Gasteiger partial charge in [0.25, 0.3) is 5.91 Å². The van der Waals surface area contributed by atoms with Crippen LogP contribution in [0.15, 0.2) is 40.9 Å². The average molecular weight is 462 g/mol. The summed E-state index contributed by atoms with van der Waals surface area (Å²) in [6.45, 7) is 0.300. The molecule has 0 aromatic heterocycles. The van der Waals surface area contributed by atoms with Crippen LogP contribution in [0.4, 0.5) is 10.1 Å². The molecule has 0 N–H and O–H groups in total. The van der Waals surface area contributed by atoms with Gasteiger partial charge >= 0.3 is 0 Å². The zero-order chi connectivity index (χ0) is 15.0. The Balaban J connectivity index is 2.00. The van der Waals surface area contributed by atoms with Crippen LogP contribution in [0.3, 0.4) is 0 Å². The van der Waals surface area contributed by atoms with Crippen molar-refractivity contribution in [2.75, 3.05) is 11.5 Å². The van der Waals surface area contributed by atoms with E-state index >= 15 is 0 Å². The maximum absolute atomic E-state index is 13.4. The number of benzene rings is 2. The van der Waals surface area contributed by atoms with E-state index in [1.54, 1.807) is 11.0 Å². The molecule has 0 atom stereocenters. The number of amides is 1. The minimum atomic E-state index is -0.322. The number of carbonyl (C=O) groups excluding carboxylic acids is 1. The van der Waals surface area contributed by atoms with Gasteiger partial charge in [-0.3, -0.25) is 4.79 Å². The quantitative estimate of drug-likeness (QED) is 0.629. The Morgan fingerprint density at radius 2 is 2.10 bits per heavy atom. The van der Waals surface area contributed by atoms with Crippen LogP contribution in [0, 0.1) is 9.39 Å². The van der Waals surface area contributed by atoms with Gasteiger partial charge in [0.15, 0.2) is 6.61 Å². The second-order valence-electron chi connectivity index (χ2n) is 4.62. The predicted octanol–water partition coefficient (Wildman–Crippen LogP) is 4.12. The largest absolute Gasteiger partial charge is 0.482 e. The van der Waals surface area contributed by atoms with E-state index in [1.165, 1.54) is 12.1 Å². The fourth-order valence-electron chi connectivity index (χ4n) is 2.18. The van der Waals surface area contributed by atoms with E-state index < -0.39 is 0 Å². The van der Waals surface area contributed by atoms with Crippen LogP contribution in [-0.2, 0) is 11.3 Å². The Morgan fingerprint density at radius 3 is 2.90 bits per heavy atom. The Labute approximate surface area is 143 Å². The van der Waals surface area contributed by atoms with Gasteiger partial charge in [0.05, 0.1) is 12.2 Å². The highest BCUT2D eigenvalue weighted by atomic mass is 127.